The van der Waals surface area contributed by atoms with E-state index in [1.54, 1.807) is 26.0 Å². The van der Waals surface area contributed by atoms with Gasteiger partial charge in [-0.3, -0.25) is 0 Å². The van der Waals surface area contributed by atoms with Gasteiger partial charge in [0.15, 0.2) is 0 Å². The maximum Gasteiger partial charge on any atom is 0.332 e. The number of hydrogen-bond donors (Lipinski definition) is 2. The molecule has 0 aliphatic carbocycles. The number of benzene rings is 1. The first-order valence-corrected chi connectivity index (χ1v) is 5.60. The quantitative estimate of drug-likeness (QED) is 0.634. The predicted molar refractivity (Wildman–Crippen MR) is 69.0 cm³/mol. The Bertz CT molecular complexity index is 441. The summed E-state index contributed by atoms with van der Waals surface area (Å²) < 4.78 is 4.73. The molecule has 0 unspecified atom stereocenters. The van der Waals surface area contributed by atoms with E-state index in [4.69, 9.17) is 4.74 Å². The molecule has 0 spiro atoms. The number of esters is 1. The van der Waals surface area contributed by atoms with Gasteiger partial charge in [0.05, 0.1) is 6.61 Å². The molecule has 5 nitrogen and oxygen atoms in total. The van der Waals surface area contributed by atoms with Crippen LogP contribution in [0.3, 0.4) is 0 Å². The van der Waals surface area contributed by atoms with Gasteiger partial charge in [0.25, 0.3) is 0 Å². The Kier molecular flexibility index (Phi) is 5.44. The van der Waals surface area contributed by atoms with Crippen molar-refractivity contribution in [3.05, 3.63) is 42.1 Å². The van der Waals surface area contributed by atoms with E-state index in [1.807, 2.05) is 18.2 Å². The van der Waals surface area contributed by atoms with Gasteiger partial charge in [-0.25, -0.2) is 9.59 Å². The number of anilines is 1. The molecule has 18 heavy (non-hydrogen) atoms. The molecule has 5 heteroatoms. The molecule has 96 valence electrons. The van der Waals surface area contributed by atoms with E-state index in [0.717, 1.165) is 0 Å². The zero-order valence-electron chi connectivity index (χ0n) is 10.4. The highest BCUT2D eigenvalue weighted by atomic mass is 16.5. The normalized spacial score (nSPS) is 10.7. The molecule has 0 fully saturated rings. The van der Waals surface area contributed by atoms with Crippen LogP contribution < -0.4 is 10.6 Å². The second kappa shape index (κ2) is 7.11. The number of hydrogen-bond acceptors (Lipinski definition) is 3. The SMILES string of the molecule is CCOC(=O)/C=C(\C)NC(=O)Nc1ccccc1. The highest BCUT2D eigenvalue weighted by Gasteiger charge is 2.03. The van der Waals surface area contributed by atoms with Crippen molar-refractivity contribution >= 4 is 17.7 Å². The Hall–Kier alpha value is -2.30. The van der Waals surface area contributed by atoms with Gasteiger partial charge < -0.3 is 15.4 Å². The molecular formula is C13H16N2O3. The van der Waals surface area contributed by atoms with Crippen LogP contribution in [-0.2, 0) is 9.53 Å². The molecule has 0 heterocycles. The molecular weight excluding hydrogens is 232 g/mol. The number of carbonyl (C=O) groups is 2. The van der Waals surface area contributed by atoms with Crippen LogP contribution in [0.2, 0.25) is 0 Å². The van der Waals surface area contributed by atoms with Crippen molar-refractivity contribution in [1.29, 1.82) is 0 Å². The lowest BCUT2D eigenvalue weighted by Gasteiger charge is -2.07. The van der Waals surface area contributed by atoms with Gasteiger partial charge in [0, 0.05) is 17.5 Å². The molecule has 0 bridgehead atoms. The molecule has 1 aromatic carbocycles. The van der Waals surface area contributed by atoms with Crippen LogP contribution in [-0.4, -0.2) is 18.6 Å². The first-order valence-electron chi connectivity index (χ1n) is 5.60. The molecule has 0 radical (unpaired) electrons. The summed E-state index contributed by atoms with van der Waals surface area (Å²) in [5.41, 5.74) is 1.10. The molecule has 0 atom stereocenters. The van der Waals surface area contributed by atoms with Gasteiger partial charge in [-0.2, -0.15) is 0 Å². The lowest BCUT2D eigenvalue weighted by Crippen LogP contribution is -2.27. The molecule has 1 rings (SSSR count). The molecule has 0 aliphatic rings. The topological polar surface area (TPSA) is 67.4 Å². The van der Waals surface area contributed by atoms with E-state index < -0.39 is 12.0 Å². The monoisotopic (exact) mass is 248 g/mol. The maximum absolute atomic E-state index is 11.5. The summed E-state index contributed by atoms with van der Waals surface area (Å²) in [6.07, 6.45) is 1.23. The molecule has 0 aromatic heterocycles. The van der Waals surface area contributed by atoms with Crippen molar-refractivity contribution in [2.24, 2.45) is 0 Å². The average molecular weight is 248 g/mol. The van der Waals surface area contributed by atoms with Gasteiger partial charge in [-0.1, -0.05) is 18.2 Å². The fourth-order valence-corrected chi connectivity index (χ4v) is 1.26. The smallest absolute Gasteiger partial charge is 0.332 e. The number of rotatable bonds is 4. The number of urea groups is 1. The number of allylic oxidation sites excluding steroid dienone is 1. The minimum Gasteiger partial charge on any atom is -0.463 e. The average Bonchev–Trinajstić information content (AvgIpc) is 2.29. The first kappa shape index (κ1) is 13.8. The van der Waals surface area contributed by atoms with Crippen LogP contribution in [0, 0.1) is 0 Å². The summed E-state index contributed by atoms with van der Waals surface area (Å²) in [5, 5.41) is 5.16. The Morgan fingerprint density at radius 3 is 2.56 bits per heavy atom. The third kappa shape index (κ3) is 5.16. The largest absolute Gasteiger partial charge is 0.463 e. The van der Waals surface area contributed by atoms with Crippen molar-refractivity contribution < 1.29 is 14.3 Å². The zero-order valence-corrected chi connectivity index (χ0v) is 10.4. The Morgan fingerprint density at radius 1 is 1.28 bits per heavy atom. The van der Waals surface area contributed by atoms with E-state index in [-0.39, 0.29) is 0 Å². The van der Waals surface area contributed by atoms with Gasteiger partial charge >= 0.3 is 12.0 Å². The van der Waals surface area contributed by atoms with Crippen LogP contribution >= 0.6 is 0 Å². The second-order valence-corrected chi connectivity index (χ2v) is 3.52. The third-order valence-electron chi connectivity index (χ3n) is 1.96. The van der Waals surface area contributed by atoms with Crippen molar-refractivity contribution in [1.82, 2.24) is 5.32 Å². The van der Waals surface area contributed by atoms with Crippen LogP contribution in [0.15, 0.2) is 42.1 Å². The first-order chi connectivity index (χ1) is 8.61. The molecule has 2 N–H and O–H groups in total. The molecule has 0 saturated heterocycles. The second-order valence-electron chi connectivity index (χ2n) is 3.52. The van der Waals surface area contributed by atoms with Crippen LogP contribution in [0.25, 0.3) is 0 Å². The Balaban J connectivity index is 2.47. The van der Waals surface area contributed by atoms with E-state index in [1.165, 1.54) is 6.08 Å². The number of carbonyl (C=O) groups excluding carboxylic acids is 2. The van der Waals surface area contributed by atoms with Crippen molar-refractivity contribution in [2.45, 2.75) is 13.8 Å². The van der Waals surface area contributed by atoms with Crippen molar-refractivity contribution in [3.8, 4) is 0 Å². The predicted octanol–water partition coefficient (Wildman–Crippen LogP) is 2.28. The van der Waals surface area contributed by atoms with E-state index in [9.17, 15) is 9.59 Å². The summed E-state index contributed by atoms with van der Waals surface area (Å²) in [5.74, 6) is -0.477. The van der Waals surface area contributed by atoms with E-state index >= 15 is 0 Å². The van der Waals surface area contributed by atoms with Gasteiger partial charge in [-0.05, 0) is 26.0 Å². The fraction of sp³-hybridized carbons (Fsp3) is 0.231. The molecule has 0 saturated carbocycles. The number of ether oxygens (including phenoxy) is 1. The van der Waals surface area contributed by atoms with Crippen molar-refractivity contribution in [3.63, 3.8) is 0 Å². The maximum atomic E-state index is 11.5. The van der Waals surface area contributed by atoms with Crippen LogP contribution in [0.1, 0.15) is 13.8 Å². The summed E-state index contributed by atoms with van der Waals surface area (Å²) in [7, 11) is 0. The van der Waals surface area contributed by atoms with Gasteiger partial charge in [0.2, 0.25) is 0 Å². The van der Waals surface area contributed by atoms with Gasteiger partial charge in [-0.15, -0.1) is 0 Å². The lowest BCUT2D eigenvalue weighted by molar-refractivity contribution is -0.137. The molecule has 1 aromatic rings. The minimum atomic E-state index is -0.477. The number of para-hydroxylation sites is 1. The fourth-order valence-electron chi connectivity index (χ4n) is 1.26. The summed E-state index contributed by atoms with van der Waals surface area (Å²) >= 11 is 0. The van der Waals surface area contributed by atoms with Crippen LogP contribution in [0.5, 0.6) is 0 Å². The van der Waals surface area contributed by atoms with E-state index in [0.29, 0.717) is 18.0 Å². The van der Waals surface area contributed by atoms with E-state index in [2.05, 4.69) is 10.6 Å². The Morgan fingerprint density at radius 2 is 1.94 bits per heavy atom. The van der Waals surface area contributed by atoms with Crippen LogP contribution in [0.4, 0.5) is 10.5 Å². The standard InChI is InChI=1S/C13H16N2O3/c1-3-18-12(16)9-10(2)14-13(17)15-11-7-5-4-6-8-11/h4-9H,3H2,1-2H3,(H2,14,15,17)/b10-9+. The molecule has 2 amide bonds. The zero-order chi connectivity index (χ0) is 13.4. The van der Waals surface area contributed by atoms with Crippen molar-refractivity contribution in [2.75, 3.05) is 11.9 Å². The lowest BCUT2D eigenvalue weighted by atomic mass is 10.3. The molecule has 0 aliphatic heterocycles. The highest BCUT2D eigenvalue weighted by Crippen LogP contribution is 2.04. The minimum absolute atomic E-state index is 0.304. The van der Waals surface area contributed by atoms with Gasteiger partial charge in [0.1, 0.15) is 0 Å². The highest BCUT2D eigenvalue weighted by molar-refractivity contribution is 5.91. The third-order valence-corrected chi connectivity index (χ3v) is 1.96. The number of amides is 2. The number of nitrogens with one attached hydrogen (secondary N) is 2. The summed E-state index contributed by atoms with van der Waals surface area (Å²) in [6, 6.07) is 8.62. The Labute approximate surface area is 106 Å². The summed E-state index contributed by atoms with van der Waals surface area (Å²) in [6.45, 7) is 3.64. The summed E-state index contributed by atoms with van der Waals surface area (Å²) in [4.78, 5) is 22.7.